The molecule has 1 heterocycles. The monoisotopic (exact) mass is 245 g/mol. The Hall–Kier alpha value is -2.30. The van der Waals surface area contributed by atoms with Gasteiger partial charge in [0.2, 0.25) is 5.91 Å². The van der Waals surface area contributed by atoms with E-state index in [1.54, 1.807) is 12.3 Å². The van der Waals surface area contributed by atoms with Crippen molar-refractivity contribution in [2.75, 3.05) is 11.9 Å². The van der Waals surface area contributed by atoms with Gasteiger partial charge in [-0.3, -0.25) is 9.89 Å². The molecule has 0 unspecified atom stereocenters. The minimum atomic E-state index is -0.0802. The van der Waals surface area contributed by atoms with Crippen LogP contribution in [0.1, 0.15) is 12.6 Å². The number of amides is 1. The first-order chi connectivity index (χ1) is 8.78. The Morgan fingerprint density at radius 1 is 1.33 bits per heavy atom. The second kappa shape index (κ2) is 5.86. The van der Waals surface area contributed by atoms with Gasteiger partial charge in [-0.05, 0) is 37.3 Å². The third-order valence-electron chi connectivity index (χ3n) is 2.36. The summed E-state index contributed by atoms with van der Waals surface area (Å²) in [6.45, 7) is 2.56. The van der Waals surface area contributed by atoms with Gasteiger partial charge >= 0.3 is 0 Å². The highest BCUT2D eigenvalue weighted by Gasteiger charge is 2.05. The lowest BCUT2D eigenvalue weighted by Gasteiger charge is -2.06. The van der Waals surface area contributed by atoms with E-state index in [-0.39, 0.29) is 12.3 Å². The molecule has 0 aliphatic heterocycles. The number of carbonyl (C=O) groups excluding carboxylic acids is 1. The molecule has 5 heteroatoms. The molecule has 94 valence electrons. The highest BCUT2D eigenvalue weighted by molar-refractivity contribution is 5.92. The maximum atomic E-state index is 11.7. The van der Waals surface area contributed by atoms with E-state index in [1.807, 2.05) is 31.2 Å². The SMILES string of the molecule is CCOc1ccc(NC(=O)Cc2ccn[nH]2)cc1. The van der Waals surface area contributed by atoms with Crippen molar-refractivity contribution in [3.63, 3.8) is 0 Å². The third kappa shape index (κ3) is 3.35. The Bertz CT molecular complexity index is 491. The molecule has 0 aliphatic rings. The number of anilines is 1. The van der Waals surface area contributed by atoms with Crippen LogP contribution in [0.2, 0.25) is 0 Å². The lowest BCUT2D eigenvalue weighted by atomic mass is 10.2. The van der Waals surface area contributed by atoms with Gasteiger partial charge in [0.05, 0.1) is 13.0 Å². The van der Waals surface area contributed by atoms with E-state index < -0.39 is 0 Å². The molecule has 2 aromatic rings. The number of nitrogens with one attached hydrogen (secondary N) is 2. The average molecular weight is 245 g/mol. The first kappa shape index (κ1) is 12.2. The van der Waals surface area contributed by atoms with Gasteiger partial charge in [-0.2, -0.15) is 5.10 Å². The molecule has 0 bridgehead atoms. The first-order valence-corrected chi connectivity index (χ1v) is 5.79. The predicted molar refractivity (Wildman–Crippen MR) is 68.5 cm³/mol. The third-order valence-corrected chi connectivity index (χ3v) is 2.36. The second-order valence-corrected chi connectivity index (χ2v) is 3.76. The number of rotatable bonds is 5. The maximum Gasteiger partial charge on any atom is 0.230 e. The number of nitrogens with zero attached hydrogens (tertiary/aromatic N) is 1. The second-order valence-electron chi connectivity index (χ2n) is 3.76. The predicted octanol–water partition coefficient (Wildman–Crippen LogP) is 1.99. The summed E-state index contributed by atoms with van der Waals surface area (Å²) >= 11 is 0. The lowest BCUT2D eigenvalue weighted by Crippen LogP contribution is -2.14. The van der Waals surface area contributed by atoms with Crippen LogP contribution in [-0.2, 0) is 11.2 Å². The smallest absolute Gasteiger partial charge is 0.230 e. The molecule has 0 fully saturated rings. The Balaban J connectivity index is 1.90. The number of aromatic nitrogens is 2. The molecule has 18 heavy (non-hydrogen) atoms. The van der Waals surface area contributed by atoms with Gasteiger partial charge in [-0.1, -0.05) is 0 Å². The summed E-state index contributed by atoms with van der Waals surface area (Å²) in [4.78, 5) is 11.7. The van der Waals surface area contributed by atoms with Crippen LogP contribution in [0.25, 0.3) is 0 Å². The van der Waals surface area contributed by atoms with Gasteiger partial charge in [0.25, 0.3) is 0 Å². The van der Waals surface area contributed by atoms with Gasteiger partial charge in [0.15, 0.2) is 0 Å². The Morgan fingerprint density at radius 2 is 2.11 bits per heavy atom. The Labute approximate surface area is 105 Å². The van der Waals surface area contributed by atoms with Crippen molar-refractivity contribution in [3.8, 4) is 5.75 Å². The van der Waals surface area contributed by atoms with Crippen LogP contribution in [0, 0.1) is 0 Å². The minimum absolute atomic E-state index is 0.0802. The Kier molecular flexibility index (Phi) is 3.96. The molecule has 5 nitrogen and oxygen atoms in total. The standard InChI is InChI=1S/C13H15N3O2/c1-2-18-12-5-3-10(4-6-12)15-13(17)9-11-7-8-14-16-11/h3-8H,2,9H2,1H3,(H,14,16)(H,15,17). The van der Waals surface area contributed by atoms with E-state index in [0.29, 0.717) is 6.61 Å². The first-order valence-electron chi connectivity index (χ1n) is 5.79. The fourth-order valence-corrected chi connectivity index (χ4v) is 1.56. The van der Waals surface area contributed by atoms with Crippen LogP contribution in [0.3, 0.4) is 0 Å². The molecule has 2 rings (SSSR count). The zero-order valence-corrected chi connectivity index (χ0v) is 10.1. The zero-order chi connectivity index (χ0) is 12.8. The molecular weight excluding hydrogens is 230 g/mol. The van der Waals surface area contributed by atoms with Gasteiger partial charge in [0, 0.05) is 17.6 Å². The molecule has 0 saturated carbocycles. The van der Waals surface area contributed by atoms with Crippen LogP contribution in [-0.4, -0.2) is 22.7 Å². The summed E-state index contributed by atoms with van der Waals surface area (Å²) in [6, 6.07) is 9.06. The number of benzene rings is 1. The van der Waals surface area contributed by atoms with Crippen LogP contribution in [0.4, 0.5) is 5.69 Å². The lowest BCUT2D eigenvalue weighted by molar-refractivity contribution is -0.115. The van der Waals surface area contributed by atoms with Gasteiger partial charge < -0.3 is 10.1 Å². The van der Waals surface area contributed by atoms with Crippen molar-refractivity contribution in [2.45, 2.75) is 13.3 Å². The van der Waals surface area contributed by atoms with Gasteiger partial charge in [0.1, 0.15) is 5.75 Å². The molecule has 1 aromatic carbocycles. The Morgan fingerprint density at radius 3 is 2.72 bits per heavy atom. The average Bonchev–Trinajstić information content (AvgIpc) is 2.84. The van der Waals surface area contributed by atoms with Crippen LogP contribution < -0.4 is 10.1 Å². The number of H-pyrrole nitrogens is 1. The molecule has 1 amide bonds. The topological polar surface area (TPSA) is 67.0 Å². The summed E-state index contributed by atoms with van der Waals surface area (Å²) in [5.41, 5.74) is 1.54. The van der Waals surface area contributed by atoms with E-state index >= 15 is 0 Å². The van der Waals surface area contributed by atoms with Crippen molar-refractivity contribution < 1.29 is 9.53 Å². The zero-order valence-electron chi connectivity index (χ0n) is 10.1. The van der Waals surface area contributed by atoms with Crippen LogP contribution in [0.15, 0.2) is 36.5 Å². The highest BCUT2D eigenvalue weighted by atomic mass is 16.5. The van der Waals surface area contributed by atoms with Crippen molar-refractivity contribution in [1.29, 1.82) is 0 Å². The van der Waals surface area contributed by atoms with E-state index in [0.717, 1.165) is 17.1 Å². The van der Waals surface area contributed by atoms with E-state index in [4.69, 9.17) is 4.74 Å². The summed E-state index contributed by atoms with van der Waals surface area (Å²) < 4.78 is 5.33. The number of aromatic amines is 1. The van der Waals surface area contributed by atoms with E-state index in [1.165, 1.54) is 0 Å². The number of carbonyl (C=O) groups is 1. The van der Waals surface area contributed by atoms with Crippen molar-refractivity contribution in [3.05, 3.63) is 42.2 Å². The molecule has 0 saturated heterocycles. The molecule has 0 atom stereocenters. The van der Waals surface area contributed by atoms with Gasteiger partial charge in [-0.25, -0.2) is 0 Å². The normalized spacial score (nSPS) is 10.1. The summed E-state index contributed by atoms with van der Waals surface area (Å²) in [5.74, 6) is 0.715. The molecular formula is C13H15N3O2. The maximum absolute atomic E-state index is 11.7. The van der Waals surface area contributed by atoms with Crippen molar-refractivity contribution >= 4 is 11.6 Å². The van der Waals surface area contributed by atoms with Crippen molar-refractivity contribution in [1.82, 2.24) is 10.2 Å². The number of hydrogen-bond acceptors (Lipinski definition) is 3. The fraction of sp³-hybridized carbons (Fsp3) is 0.231. The summed E-state index contributed by atoms with van der Waals surface area (Å²) in [6.07, 6.45) is 1.91. The number of hydrogen-bond donors (Lipinski definition) is 2. The highest BCUT2D eigenvalue weighted by Crippen LogP contribution is 2.15. The summed E-state index contributed by atoms with van der Waals surface area (Å²) in [7, 11) is 0. The van der Waals surface area contributed by atoms with E-state index in [2.05, 4.69) is 15.5 Å². The molecule has 0 radical (unpaired) electrons. The summed E-state index contributed by atoms with van der Waals surface area (Å²) in [5, 5.41) is 9.35. The largest absolute Gasteiger partial charge is 0.494 e. The van der Waals surface area contributed by atoms with Crippen molar-refractivity contribution in [2.24, 2.45) is 0 Å². The quantitative estimate of drug-likeness (QED) is 0.846. The number of ether oxygens (including phenoxy) is 1. The fourth-order valence-electron chi connectivity index (χ4n) is 1.56. The van der Waals surface area contributed by atoms with Crippen LogP contribution in [0.5, 0.6) is 5.75 Å². The van der Waals surface area contributed by atoms with E-state index in [9.17, 15) is 4.79 Å². The van der Waals surface area contributed by atoms with Gasteiger partial charge in [-0.15, -0.1) is 0 Å². The molecule has 0 spiro atoms. The molecule has 2 N–H and O–H groups in total. The molecule has 0 aliphatic carbocycles. The minimum Gasteiger partial charge on any atom is -0.494 e. The molecule has 1 aromatic heterocycles. The van der Waals surface area contributed by atoms with Crippen LogP contribution >= 0.6 is 0 Å².